The monoisotopic (exact) mass is 382 g/mol. The molecule has 0 atom stereocenters. The Kier molecular flexibility index (Phi) is 4.75. The maximum Gasteiger partial charge on any atom is 0.573 e. The second-order valence-corrected chi connectivity index (χ2v) is 5.38. The number of methoxy groups -OCH3 is 1. The second kappa shape index (κ2) is 7.02. The molecule has 8 nitrogen and oxygen atoms in total. The number of fused-ring (bicyclic) bond motifs is 1. The van der Waals surface area contributed by atoms with E-state index < -0.39 is 23.7 Å². The predicted octanol–water partition coefficient (Wildman–Crippen LogP) is 1.86. The lowest BCUT2D eigenvalue weighted by Crippen LogP contribution is -2.25. The van der Waals surface area contributed by atoms with Gasteiger partial charge in [0.2, 0.25) is 0 Å². The molecule has 1 aromatic carbocycles. The Labute approximate surface area is 149 Å². The number of aromatic nitrogens is 3. The minimum atomic E-state index is -4.89. The van der Waals surface area contributed by atoms with Crippen LogP contribution in [0.25, 0.3) is 5.65 Å². The van der Waals surface area contributed by atoms with Gasteiger partial charge in [0.05, 0.1) is 12.7 Å². The maximum absolute atomic E-state index is 12.6. The van der Waals surface area contributed by atoms with Crippen molar-refractivity contribution in [2.24, 2.45) is 0 Å². The highest BCUT2D eigenvalue weighted by molar-refractivity contribution is 5.94. The van der Waals surface area contributed by atoms with Crippen molar-refractivity contribution in [3.8, 4) is 11.5 Å². The van der Waals surface area contributed by atoms with Gasteiger partial charge < -0.3 is 14.8 Å². The molecule has 0 saturated heterocycles. The quantitative estimate of drug-likeness (QED) is 0.702. The zero-order valence-electron chi connectivity index (χ0n) is 13.8. The van der Waals surface area contributed by atoms with Crippen molar-refractivity contribution in [2.75, 3.05) is 7.11 Å². The molecule has 0 saturated carbocycles. The minimum absolute atomic E-state index is 0.100. The number of nitrogens with zero attached hydrogens (tertiary/aromatic N) is 2. The molecule has 142 valence electrons. The second-order valence-electron chi connectivity index (χ2n) is 5.38. The number of carbonyl (C=O) groups excluding carboxylic acids is 1. The maximum atomic E-state index is 12.6. The molecule has 3 aromatic rings. The summed E-state index contributed by atoms with van der Waals surface area (Å²) < 4.78 is 47.8. The average Bonchev–Trinajstić information content (AvgIpc) is 2.99. The Morgan fingerprint density at radius 3 is 2.78 bits per heavy atom. The molecule has 2 aromatic heterocycles. The van der Waals surface area contributed by atoms with Gasteiger partial charge in [-0.15, -0.1) is 13.2 Å². The van der Waals surface area contributed by atoms with Crippen molar-refractivity contribution in [1.82, 2.24) is 19.9 Å². The number of hydrogen-bond donors (Lipinski definition) is 2. The average molecular weight is 382 g/mol. The zero-order chi connectivity index (χ0) is 19.6. The summed E-state index contributed by atoms with van der Waals surface area (Å²) in [6.45, 7) is -0.230. The van der Waals surface area contributed by atoms with Crippen LogP contribution in [0.3, 0.4) is 0 Å². The predicted molar refractivity (Wildman–Crippen MR) is 86.7 cm³/mol. The number of ether oxygens (including phenoxy) is 2. The van der Waals surface area contributed by atoms with E-state index in [1.165, 1.54) is 37.6 Å². The summed E-state index contributed by atoms with van der Waals surface area (Å²) in [5.74, 6) is -0.892. The molecule has 0 fully saturated rings. The fourth-order valence-corrected chi connectivity index (χ4v) is 2.35. The molecule has 0 radical (unpaired) electrons. The van der Waals surface area contributed by atoms with Gasteiger partial charge in [0.1, 0.15) is 11.5 Å². The van der Waals surface area contributed by atoms with E-state index in [0.717, 1.165) is 10.5 Å². The lowest BCUT2D eigenvalue weighted by atomic mass is 10.1. The number of benzene rings is 1. The largest absolute Gasteiger partial charge is 0.573 e. The molecule has 0 bridgehead atoms. The van der Waals surface area contributed by atoms with Gasteiger partial charge in [-0.25, -0.2) is 14.3 Å². The smallest absolute Gasteiger partial charge is 0.497 e. The molecule has 11 heteroatoms. The van der Waals surface area contributed by atoms with Crippen molar-refractivity contribution in [3.05, 3.63) is 58.1 Å². The Morgan fingerprint density at radius 1 is 1.30 bits per heavy atom. The highest BCUT2D eigenvalue weighted by Gasteiger charge is 2.32. The van der Waals surface area contributed by atoms with Gasteiger partial charge in [0, 0.05) is 24.4 Å². The zero-order valence-corrected chi connectivity index (χ0v) is 13.8. The molecular weight excluding hydrogens is 369 g/mol. The number of carbonyl (C=O) groups is 1. The Hall–Kier alpha value is -3.50. The summed E-state index contributed by atoms with van der Waals surface area (Å²) in [4.78, 5) is 23.8. The SMILES string of the molecule is COc1ccc(CNC(=O)c2ccc3n[nH]c(=O)n3c2)c(OC(F)(F)F)c1. The Morgan fingerprint density at radius 2 is 2.07 bits per heavy atom. The van der Waals surface area contributed by atoms with E-state index in [4.69, 9.17) is 4.74 Å². The number of hydrogen-bond acceptors (Lipinski definition) is 5. The highest BCUT2D eigenvalue weighted by atomic mass is 19.4. The minimum Gasteiger partial charge on any atom is -0.497 e. The van der Waals surface area contributed by atoms with Gasteiger partial charge in [-0.05, 0) is 24.3 Å². The van der Waals surface area contributed by atoms with E-state index in [2.05, 4.69) is 20.3 Å². The summed E-state index contributed by atoms with van der Waals surface area (Å²) in [7, 11) is 1.31. The first-order valence-electron chi connectivity index (χ1n) is 7.54. The van der Waals surface area contributed by atoms with Crippen LogP contribution in [-0.4, -0.2) is 34.0 Å². The first-order valence-corrected chi connectivity index (χ1v) is 7.54. The first-order chi connectivity index (χ1) is 12.8. The highest BCUT2D eigenvalue weighted by Crippen LogP contribution is 2.30. The van der Waals surface area contributed by atoms with Gasteiger partial charge in [0.25, 0.3) is 5.91 Å². The molecule has 2 heterocycles. The summed E-state index contributed by atoms with van der Waals surface area (Å²) >= 11 is 0. The van der Waals surface area contributed by atoms with Crippen molar-refractivity contribution in [3.63, 3.8) is 0 Å². The van der Waals surface area contributed by atoms with Crippen LogP contribution in [0.2, 0.25) is 0 Å². The normalized spacial score (nSPS) is 11.4. The van der Waals surface area contributed by atoms with E-state index in [9.17, 15) is 22.8 Å². The molecule has 0 unspecified atom stereocenters. The lowest BCUT2D eigenvalue weighted by Gasteiger charge is -2.15. The van der Waals surface area contributed by atoms with Gasteiger partial charge in [0.15, 0.2) is 5.65 Å². The van der Waals surface area contributed by atoms with Gasteiger partial charge in [-0.2, -0.15) is 5.10 Å². The number of pyridine rings is 1. The Balaban J connectivity index is 1.79. The van der Waals surface area contributed by atoms with Crippen LogP contribution in [0.15, 0.2) is 41.3 Å². The molecular formula is C16H13F3N4O4. The third kappa shape index (κ3) is 4.19. The molecule has 0 aliphatic carbocycles. The van der Waals surface area contributed by atoms with Crippen LogP contribution in [0.5, 0.6) is 11.5 Å². The number of alkyl halides is 3. The number of amides is 1. The number of halogens is 3. The molecule has 27 heavy (non-hydrogen) atoms. The van der Waals surface area contributed by atoms with Gasteiger partial charge in [-0.1, -0.05) is 0 Å². The molecule has 3 rings (SSSR count). The number of H-pyrrole nitrogens is 1. The van der Waals surface area contributed by atoms with Crippen molar-refractivity contribution in [2.45, 2.75) is 12.9 Å². The third-order valence-corrected chi connectivity index (χ3v) is 3.61. The van der Waals surface area contributed by atoms with Crippen LogP contribution in [0.1, 0.15) is 15.9 Å². The topological polar surface area (TPSA) is 97.7 Å². The van der Waals surface area contributed by atoms with Crippen LogP contribution < -0.4 is 20.5 Å². The van der Waals surface area contributed by atoms with Crippen molar-refractivity contribution in [1.29, 1.82) is 0 Å². The summed E-state index contributed by atoms with van der Waals surface area (Å²) in [5, 5.41) is 8.45. The number of nitrogens with one attached hydrogen (secondary N) is 2. The summed E-state index contributed by atoms with van der Waals surface area (Å²) in [5.41, 5.74) is 0.0454. The standard InChI is InChI=1S/C16H13F3N4O4/c1-26-11-4-2-9(12(6-11)27-16(17,18)19)7-20-14(24)10-3-5-13-21-22-15(25)23(13)8-10/h2-6,8H,7H2,1H3,(H,20,24)(H,22,25). The molecule has 0 aliphatic heterocycles. The summed E-state index contributed by atoms with van der Waals surface area (Å²) in [6.07, 6.45) is -3.61. The van der Waals surface area contributed by atoms with E-state index in [1.54, 1.807) is 0 Å². The van der Waals surface area contributed by atoms with Crippen LogP contribution >= 0.6 is 0 Å². The molecule has 0 spiro atoms. The van der Waals surface area contributed by atoms with Crippen LogP contribution in [-0.2, 0) is 6.54 Å². The third-order valence-electron chi connectivity index (χ3n) is 3.61. The summed E-state index contributed by atoms with van der Waals surface area (Å²) in [6, 6.07) is 6.77. The molecule has 2 N–H and O–H groups in total. The van der Waals surface area contributed by atoms with Crippen LogP contribution in [0.4, 0.5) is 13.2 Å². The van der Waals surface area contributed by atoms with E-state index in [1.807, 2.05) is 0 Å². The van der Waals surface area contributed by atoms with E-state index >= 15 is 0 Å². The first kappa shape index (κ1) is 18.3. The number of rotatable bonds is 5. The van der Waals surface area contributed by atoms with E-state index in [-0.39, 0.29) is 23.4 Å². The number of aromatic amines is 1. The van der Waals surface area contributed by atoms with Gasteiger partial charge >= 0.3 is 12.1 Å². The Bertz CT molecular complexity index is 1040. The lowest BCUT2D eigenvalue weighted by molar-refractivity contribution is -0.274. The van der Waals surface area contributed by atoms with Gasteiger partial charge in [-0.3, -0.25) is 4.79 Å². The van der Waals surface area contributed by atoms with Crippen LogP contribution in [0, 0.1) is 0 Å². The molecule has 1 amide bonds. The fourth-order valence-electron chi connectivity index (χ4n) is 2.35. The molecule has 0 aliphatic rings. The fraction of sp³-hybridized carbons (Fsp3) is 0.188. The van der Waals surface area contributed by atoms with E-state index in [0.29, 0.717) is 5.65 Å². The van der Waals surface area contributed by atoms with Crippen molar-refractivity contribution >= 4 is 11.6 Å². The van der Waals surface area contributed by atoms with Crippen molar-refractivity contribution < 1.29 is 27.4 Å².